The van der Waals surface area contributed by atoms with Crippen LogP contribution < -0.4 is 11.1 Å². The van der Waals surface area contributed by atoms with Crippen LogP contribution >= 0.6 is 0 Å². The van der Waals surface area contributed by atoms with Crippen LogP contribution in [-0.2, 0) is 0 Å². The van der Waals surface area contributed by atoms with Gasteiger partial charge in [-0.05, 0) is 42.8 Å². The van der Waals surface area contributed by atoms with E-state index in [1.807, 2.05) is 19.1 Å². The zero-order valence-corrected chi connectivity index (χ0v) is 11.2. The number of aryl methyl sites for hydroxylation is 1. The average Bonchev–Trinajstić information content (AvgIpc) is 2.45. The van der Waals surface area contributed by atoms with Crippen LogP contribution in [-0.4, -0.2) is 17.4 Å². The molecular weight excluding hydrogens is 250 g/mol. The average molecular weight is 265 g/mol. The second-order valence-electron chi connectivity index (χ2n) is 4.28. The van der Waals surface area contributed by atoms with Crippen LogP contribution in [0.3, 0.4) is 0 Å². The summed E-state index contributed by atoms with van der Waals surface area (Å²) in [6, 6.07) is 8.98. The summed E-state index contributed by atoms with van der Waals surface area (Å²) in [5.41, 5.74) is 8.40. The fourth-order valence-electron chi connectivity index (χ4n) is 1.78. The van der Waals surface area contributed by atoms with Gasteiger partial charge in [-0.3, -0.25) is 9.78 Å². The van der Waals surface area contributed by atoms with Gasteiger partial charge in [0.05, 0.1) is 6.54 Å². The number of nitrogens with zero attached hydrogens (tertiary/aromatic N) is 1. The molecule has 1 amide bonds. The Kier molecular flexibility index (Phi) is 4.48. The predicted octanol–water partition coefficient (Wildman–Crippen LogP) is 1.95. The van der Waals surface area contributed by atoms with Crippen molar-refractivity contribution in [2.24, 2.45) is 5.73 Å². The number of carbonyl (C=O) groups is 1. The molecule has 0 aliphatic carbocycles. The second-order valence-corrected chi connectivity index (χ2v) is 4.28. The molecule has 0 bridgehead atoms. The van der Waals surface area contributed by atoms with Gasteiger partial charge in [0.1, 0.15) is 0 Å². The van der Waals surface area contributed by atoms with E-state index in [1.54, 1.807) is 30.6 Å². The maximum Gasteiger partial charge on any atom is 0.255 e. The summed E-state index contributed by atoms with van der Waals surface area (Å²) in [5, 5.41) is 2.82. The van der Waals surface area contributed by atoms with Crippen molar-refractivity contribution >= 4 is 11.6 Å². The minimum absolute atomic E-state index is 0.171. The van der Waals surface area contributed by atoms with Gasteiger partial charge in [-0.15, -0.1) is 0 Å². The van der Waals surface area contributed by atoms with E-state index in [4.69, 9.17) is 5.73 Å². The molecule has 1 aromatic carbocycles. The van der Waals surface area contributed by atoms with Gasteiger partial charge in [-0.1, -0.05) is 11.8 Å². The Balaban J connectivity index is 2.23. The number of benzene rings is 1. The van der Waals surface area contributed by atoms with E-state index < -0.39 is 0 Å². The first kappa shape index (κ1) is 13.8. The fraction of sp³-hybridized carbons (Fsp3) is 0.125. The summed E-state index contributed by atoms with van der Waals surface area (Å²) in [4.78, 5) is 16.1. The second kappa shape index (κ2) is 6.50. The number of carbonyl (C=O) groups excluding carboxylic acids is 1. The largest absolute Gasteiger partial charge is 0.322 e. The Morgan fingerprint density at radius 3 is 2.75 bits per heavy atom. The third kappa shape index (κ3) is 3.67. The minimum atomic E-state index is -0.171. The SMILES string of the molecule is Cc1cc(C#CCN)cc(C(=O)Nc2ccncc2)c1. The topological polar surface area (TPSA) is 68.0 Å². The number of rotatable bonds is 2. The van der Waals surface area contributed by atoms with Crippen LogP contribution in [0.15, 0.2) is 42.7 Å². The Hall–Kier alpha value is -2.64. The summed E-state index contributed by atoms with van der Waals surface area (Å²) < 4.78 is 0. The van der Waals surface area contributed by atoms with Crippen LogP contribution in [0.1, 0.15) is 21.5 Å². The third-order valence-electron chi connectivity index (χ3n) is 2.61. The van der Waals surface area contributed by atoms with Gasteiger partial charge in [0.15, 0.2) is 0 Å². The number of pyridine rings is 1. The zero-order valence-electron chi connectivity index (χ0n) is 11.2. The first-order valence-electron chi connectivity index (χ1n) is 6.21. The Morgan fingerprint density at radius 2 is 2.05 bits per heavy atom. The molecule has 1 heterocycles. The monoisotopic (exact) mass is 265 g/mol. The molecule has 4 nitrogen and oxygen atoms in total. The summed E-state index contributed by atoms with van der Waals surface area (Å²) in [5.74, 6) is 5.55. The van der Waals surface area contributed by atoms with Crippen LogP contribution in [0.2, 0.25) is 0 Å². The van der Waals surface area contributed by atoms with Gasteiger partial charge >= 0.3 is 0 Å². The van der Waals surface area contributed by atoms with E-state index in [0.29, 0.717) is 17.8 Å². The number of nitrogens with one attached hydrogen (secondary N) is 1. The number of hydrogen-bond donors (Lipinski definition) is 2. The van der Waals surface area contributed by atoms with E-state index in [0.717, 1.165) is 11.1 Å². The molecule has 1 aromatic heterocycles. The van der Waals surface area contributed by atoms with E-state index in [1.165, 1.54) is 0 Å². The lowest BCUT2D eigenvalue weighted by Gasteiger charge is -2.06. The van der Waals surface area contributed by atoms with Crippen molar-refractivity contribution in [3.05, 3.63) is 59.4 Å². The highest BCUT2D eigenvalue weighted by Gasteiger charge is 2.07. The maximum absolute atomic E-state index is 12.2. The van der Waals surface area contributed by atoms with Crippen LogP contribution in [0.5, 0.6) is 0 Å². The lowest BCUT2D eigenvalue weighted by Crippen LogP contribution is -2.12. The highest BCUT2D eigenvalue weighted by atomic mass is 16.1. The molecule has 0 saturated carbocycles. The van der Waals surface area contributed by atoms with Crippen molar-refractivity contribution in [3.63, 3.8) is 0 Å². The van der Waals surface area contributed by atoms with Gasteiger partial charge in [-0.2, -0.15) is 0 Å². The zero-order chi connectivity index (χ0) is 14.4. The first-order valence-corrected chi connectivity index (χ1v) is 6.21. The standard InChI is InChI=1S/C16H15N3O/c1-12-9-13(3-2-6-17)11-14(10-12)16(20)19-15-4-7-18-8-5-15/h4-5,7-11H,6,17H2,1H3,(H,18,19,20). The quantitative estimate of drug-likeness (QED) is 0.815. The molecule has 2 rings (SSSR count). The van der Waals surface area contributed by atoms with Crippen molar-refractivity contribution in [2.45, 2.75) is 6.92 Å². The molecule has 2 aromatic rings. The molecule has 100 valence electrons. The van der Waals surface area contributed by atoms with Crippen LogP contribution in [0.25, 0.3) is 0 Å². The van der Waals surface area contributed by atoms with E-state index in [2.05, 4.69) is 22.1 Å². The van der Waals surface area contributed by atoms with Gasteiger partial charge in [0.25, 0.3) is 5.91 Å². The smallest absolute Gasteiger partial charge is 0.255 e. The van der Waals surface area contributed by atoms with Gasteiger partial charge < -0.3 is 11.1 Å². The summed E-state index contributed by atoms with van der Waals surface area (Å²) in [6.07, 6.45) is 3.26. The summed E-state index contributed by atoms with van der Waals surface area (Å²) in [7, 11) is 0. The Labute approximate surface area is 118 Å². The van der Waals surface area contributed by atoms with Crippen LogP contribution in [0.4, 0.5) is 5.69 Å². The Bertz CT molecular complexity index is 669. The van der Waals surface area contributed by atoms with Crippen molar-refractivity contribution in [2.75, 3.05) is 11.9 Å². The minimum Gasteiger partial charge on any atom is -0.322 e. The first-order chi connectivity index (χ1) is 9.69. The van der Waals surface area contributed by atoms with Crippen molar-refractivity contribution in [1.82, 2.24) is 4.98 Å². The van der Waals surface area contributed by atoms with Crippen molar-refractivity contribution in [1.29, 1.82) is 0 Å². The molecule has 0 radical (unpaired) electrons. The lowest BCUT2D eigenvalue weighted by molar-refractivity contribution is 0.102. The third-order valence-corrected chi connectivity index (χ3v) is 2.61. The van der Waals surface area contributed by atoms with Gasteiger partial charge in [-0.25, -0.2) is 0 Å². The summed E-state index contributed by atoms with van der Waals surface area (Å²) >= 11 is 0. The molecular formula is C16H15N3O. The van der Waals surface area contributed by atoms with E-state index >= 15 is 0 Å². The maximum atomic E-state index is 12.2. The fourth-order valence-corrected chi connectivity index (χ4v) is 1.78. The molecule has 0 aliphatic rings. The molecule has 3 N–H and O–H groups in total. The number of nitrogens with two attached hydrogens (primary N) is 1. The molecule has 0 spiro atoms. The molecule has 0 saturated heterocycles. The number of anilines is 1. The number of aromatic nitrogens is 1. The predicted molar refractivity (Wildman–Crippen MR) is 79.3 cm³/mol. The summed E-state index contributed by atoms with van der Waals surface area (Å²) in [6.45, 7) is 2.23. The van der Waals surface area contributed by atoms with Gasteiger partial charge in [0, 0.05) is 29.2 Å². The number of hydrogen-bond acceptors (Lipinski definition) is 3. The molecule has 0 atom stereocenters. The van der Waals surface area contributed by atoms with Crippen LogP contribution in [0, 0.1) is 18.8 Å². The van der Waals surface area contributed by atoms with Crippen molar-refractivity contribution in [3.8, 4) is 11.8 Å². The molecule has 0 fully saturated rings. The molecule has 20 heavy (non-hydrogen) atoms. The Morgan fingerprint density at radius 1 is 1.30 bits per heavy atom. The van der Waals surface area contributed by atoms with E-state index in [9.17, 15) is 4.79 Å². The normalized spacial score (nSPS) is 9.50. The van der Waals surface area contributed by atoms with Gasteiger partial charge in [0.2, 0.25) is 0 Å². The molecule has 0 aliphatic heterocycles. The van der Waals surface area contributed by atoms with Crippen molar-refractivity contribution < 1.29 is 4.79 Å². The highest BCUT2D eigenvalue weighted by Crippen LogP contribution is 2.12. The van der Waals surface area contributed by atoms with E-state index in [-0.39, 0.29) is 5.91 Å². The molecule has 0 unspecified atom stereocenters. The number of amides is 1. The lowest BCUT2D eigenvalue weighted by atomic mass is 10.1. The molecule has 4 heteroatoms. The highest BCUT2D eigenvalue weighted by molar-refractivity contribution is 6.04.